The molecule has 0 saturated carbocycles. The van der Waals surface area contributed by atoms with Gasteiger partial charge in [-0.25, -0.2) is 0 Å². The van der Waals surface area contributed by atoms with Crippen LogP contribution in [0.3, 0.4) is 0 Å². The molecule has 0 aromatic heterocycles. The van der Waals surface area contributed by atoms with E-state index in [0.717, 1.165) is 12.5 Å². The van der Waals surface area contributed by atoms with Crippen LogP contribution in [-0.2, 0) is 4.74 Å². The third-order valence-electron chi connectivity index (χ3n) is 2.59. The summed E-state index contributed by atoms with van der Waals surface area (Å²) >= 11 is 0. The van der Waals surface area contributed by atoms with Gasteiger partial charge in [-0.3, -0.25) is 0 Å². The lowest BCUT2D eigenvalue weighted by molar-refractivity contribution is 0.0862. The van der Waals surface area contributed by atoms with Crippen molar-refractivity contribution in [2.24, 2.45) is 5.92 Å². The predicted molar refractivity (Wildman–Crippen MR) is 40.0 cm³/mol. The van der Waals surface area contributed by atoms with Gasteiger partial charge in [-0.05, 0) is 18.9 Å². The quantitative estimate of drug-likeness (QED) is 0.533. The first-order valence-corrected chi connectivity index (χ1v) is 4.22. The molecule has 2 rings (SSSR count). The van der Waals surface area contributed by atoms with Crippen LogP contribution in [0.1, 0.15) is 13.3 Å². The van der Waals surface area contributed by atoms with Gasteiger partial charge in [-0.1, -0.05) is 6.92 Å². The molecule has 2 fully saturated rings. The number of fused-ring (bicyclic) bond motifs is 2. The third-order valence-corrected chi connectivity index (χ3v) is 2.59. The van der Waals surface area contributed by atoms with Gasteiger partial charge in [-0.15, -0.1) is 0 Å². The number of piperidine rings is 1. The van der Waals surface area contributed by atoms with Crippen LogP contribution < -0.4 is 0 Å². The van der Waals surface area contributed by atoms with E-state index in [1.165, 1.54) is 26.1 Å². The highest BCUT2D eigenvalue weighted by Gasteiger charge is 2.32. The maximum Gasteiger partial charge on any atom is 0.0706 e. The summed E-state index contributed by atoms with van der Waals surface area (Å²) in [6.07, 6.45) is 1.88. The van der Waals surface area contributed by atoms with Gasteiger partial charge in [0.05, 0.1) is 12.7 Å². The number of hydrogen-bond donors (Lipinski definition) is 0. The molecule has 0 aromatic carbocycles. The first-order valence-electron chi connectivity index (χ1n) is 4.22. The molecule has 2 heterocycles. The van der Waals surface area contributed by atoms with Crippen molar-refractivity contribution in [1.29, 1.82) is 0 Å². The average Bonchev–Trinajstić information content (AvgIpc) is 2.30. The summed E-state index contributed by atoms with van der Waals surface area (Å²) in [7, 11) is 0. The summed E-state index contributed by atoms with van der Waals surface area (Å²) in [4.78, 5) is 2.49. The Labute approximate surface area is 62.2 Å². The maximum absolute atomic E-state index is 5.57. The van der Waals surface area contributed by atoms with Crippen LogP contribution in [-0.4, -0.2) is 37.2 Å². The molecule has 0 spiro atoms. The standard InChI is InChI=1S/C8H15NO/c1-2-9-4-7-3-8(5-9)10-6-7/h7-8H,2-6H2,1H3. The van der Waals surface area contributed by atoms with Crippen molar-refractivity contribution in [2.75, 3.05) is 26.2 Å². The average molecular weight is 141 g/mol. The SMILES string of the molecule is CCN1CC2COC(C2)C1. The molecule has 0 amide bonds. The van der Waals surface area contributed by atoms with Gasteiger partial charge in [0.15, 0.2) is 0 Å². The Kier molecular flexibility index (Phi) is 1.66. The Hall–Kier alpha value is -0.0800. The minimum Gasteiger partial charge on any atom is -0.377 e. The second-order valence-electron chi connectivity index (χ2n) is 3.41. The number of likely N-dealkylation sites (tertiary alicyclic amines) is 1. The van der Waals surface area contributed by atoms with Gasteiger partial charge >= 0.3 is 0 Å². The molecule has 2 atom stereocenters. The molecule has 2 aliphatic rings. The van der Waals surface area contributed by atoms with Gasteiger partial charge in [0.25, 0.3) is 0 Å². The van der Waals surface area contributed by atoms with E-state index in [9.17, 15) is 0 Å². The highest BCUT2D eigenvalue weighted by molar-refractivity contribution is 4.83. The minimum absolute atomic E-state index is 0.568. The smallest absolute Gasteiger partial charge is 0.0706 e. The lowest BCUT2D eigenvalue weighted by Gasteiger charge is -2.28. The summed E-state index contributed by atoms with van der Waals surface area (Å²) in [6, 6.07) is 0. The normalized spacial score (nSPS) is 40.5. The molecule has 0 aromatic rings. The number of nitrogens with zero attached hydrogens (tertiary/aromatic N) is 1. The van der Waals surface area contributed by atoms with Crippen LogP contribution in [0.5, 0.6) is 0 Å². The van der Waals surface area contributed by atoms with Crippen LogP contribution in [0.15, 0.2) is 0 Å². The molecule has 2 unspecified atom stereocenters. The van der Waals surface area contributed by atoms with Crippen molar-refractivity contribution in [3.63, 3.8) is 0 Å². The monoisotopic (exact) mass is 141 g/mol. The minimum atomic E-state index is 0.568. The highest BCUT2D eigenvalue weighted by Crippen LogP contribution is 2.25. The van der Waals surface area contributed by atoms with Gasteiger partial charge in [0.1, 0.15) is 0 Å². The van der Waals surface area contributed by atoms with Gasteiger partial charge in [-0.2, -0.15) is 0 Å². The predicted octanol–water partition coefficient (Wildman–Crippen LogP) is 0.727. The Morgan fingerprint density at radius 3 is 3.10 bits per heavy atom. The van der Waals surface area contributed by atoms with Gasteiger partial charge in [0, 0.05) is 13.1 Å². The van der Waals surface area contributed by atoms with E-state index in [2.05, 4.69) is 11.8 Å². The van der Waals surface area contributed by atoms with Crippen LogP contribution in [0.25, 0.3) is 0 Å². The fraction of sp³-hybridized carbons (Fsp3) is 1.00. The van der Waals surface area contributed by atoms with Crippen LogP contribution in [0, 0.1) is 5.92 Å². The summed E-state index contributed by atoms with van der Waals surface area (Å²) in [6.45, 7) is 6.88. The molecule has 2 aliphatic heterocycles. The van der Waals surface area contributed by atoms with E-state index in [1.807, 2.05) is 0 Å². The number of rotatable bonds is 1. The highest BCUT2D eigenvalue weighted by atomic mass is 16.5. The van der Waals surface area contributed by atoms with E-state index in [0.29, 0.717) is 6.10 Å². The second kappa shape index (κ2) is 2.51. The Balaban J connectivity index is 1.96. The Bertz CT molecular complexity index is 114. The third kappa shape index (κ3) is 1.06. The van der Waals surface area contributed by atoms with Crippen molar-refractivity contribution in [2.45, 2.75) is 19.4 Å². The molecule has 2 saturated heterocycles. The van der Waals surface area contributed by atoms with Crippen molar-refractivity contribution in [3.8, 4) is 0 Å². The molecular formula is C8H15NO. The molecule has 58 valence electrons. The summed E-state index contributed by atoms with van der Waals surface area (Å²) in [5.74, 6) is 0.846. The fourth-order valence-electron chi connectivity index (χ4n) is 2.02. The molecule has 2 bridgehead atoms. The van der Waals surface area contributed by atoms with E-state index in [-0.39, 0.29) is 0 Å². The van der Waals surface area contributed by atoms with Crippen LogP contribution in [0.2, 0.25) is 0 Å². The maximum atomic E-state index is 5.57. The number of likely N-dealkylation sites (N-methyl/N-ethyl adjacent to an activating group) is 1. The first-order chi connectivity index (χ1) is 4.88. The summed E-state index contributed by atoms with van der Waals surface area (Å²) in [5, 5.41) is 0. The van der Waals surface area contributed by atoms with Crippen molar-refractivity contribution in [1.82, 2.24) is 4.90 Å². The lowest BCUT2D eigenvalue weighted by Crippen LogP contribution is -2.38. The second-order valence-corrected chi connectivity index (χ2v) is 3.41. The van der Waals surface area contributed by atoms with Crippen LogP contribution in [0.4, 0.5) is 0 Å². The van der Waals surface area contributed by atoms with Crippen molar-refractivity contribution >= 4 is 0 Å². The molecule has 0 aliphatic carbocycles. The molecular weight excluding hydrogens is 126 g/mol. The molecule has 2 heteroatoms. The fourth-order valence-corrected chi connectivity index (χ4v) is 2.02. The zero-order valence-corrected chi connectivity index (χ0v) is 6.55. The molecule has 2 nitrogen and oxygen atoms in total. The summed E-state index contributed by atoms with van der Waals surface area (Å²) < 4.78 is 5.57. The van der Waals surface area contributed by atoms with E-state index in [4.69, 9.17) is 4.74 Å². The van der Waals surface area contributed by atoms with Gasteiger partial charge in [0.2, 0.25) is 0 Å². The van der Waals surface area contributed by atoms with E-state index in [1.54, 1.807) is 0 Å². The summed E-state index contributed by atoms with van der Waals surface area (Å²) in [5.41, 5.74) is 0. The molecule has 0 radical (unpaired) electrons. The number of hydrogen-bond acceptors (Lipinski definition) is 2. The largest absolute Gasteiger partial charge is 0.377 e. The zero-order valence-electron chi connectivity index (χ0n) is 6.55. The van der Waals surface area contributed by atoms with Gasteiger partial charge < -0.3 is 9.64 Å². The van der Waals surface area contributed by atoms with E-state index >= 15 is 0 Å². The topological polar surface area (TPSA) is 12.5 Å². The molecule has 10 heavy (non-hydrogen) atoms. The number of ether oxygens (including phenoxy) is 1. The van der Waals surface area contributed by atoms with Crippen molar-refractivity contribution < 1.29 is 4.74 Å². The lowest BCUT2D eigenvalue weighted by atomic mass is 10.0. The Morgan fingerprint density at radius 1 is 1.50 bits per heavy atom. The Morgan fingerprint density at radius 2 is 2.40 bits per heavy atom. The van der Waals surface area contributed by atoms with Crippen molar-refractivity contribution in [3.05, 3.63) is 0 Å². The molecule has 0 N–H and O–H groups in total. The van der Waals surface area contributed by atoms with E-state index < -0.39 is 0 Å². The van der Waals surface area contributed by atoms with Crippen LogP contribution >= 0.6 is 0 Å². The zero-order chi connectivity index (χ0) is 6.97. The first kappa shape index (κ1) is 6.62.